The number of nitrogens with zero attached hydrogens (tertiary/aromatic N) is 3. The fraction of sp³-hybridized carbons (Fsp3) is 0. The van der Waals surface area contributed by atoms with Crippen molar-refractivity contribution in [1.82, 2.24) is 9.13 Å². The van der Waals surface area contributed by atoms with Gasteiger partial charge in [0.05, 0.1) is 39.4 Å². The molecule has 0 atom stereocenters. The van der Waals surface area contributed by atoms with Crippen molar-refractivity contribution in [2.75, 3.05) is 0 Å². The van der Waals surface area contributed by atoms with E-state index in [-0.39, 0.29) is 0 Å². The Morgan fingerprint density at radius 1 is 0.489 bits per heavy atom. The van der Waals surface area contributed by atoms with Crippen LogP contribution in [0.15, 0.2) is 156 Å². The van der Waals surface area contributed by atoms with Crippen molar-refractivity contribution in [3.05, 3.63) is 157 Å². The van der Waals surface area contributed by atoms with Crippen LogP contribution in [0.3, 0.4) is 0 Å². The van der Waals surface area contributed by atoms with Crippen LogP contribution in [0, 0.1) is 11.3 Å². The summed E-state index contributed by atoms with van der Waals surface area (Å²) in [6.07, 6.45) is 0. The zero-order chi connectivity index (χ0) is 31.1. The smallest absolute Gasteiger partial charge is 0.160 e. The summed E-state index contributed by atoms with van der Waals surface area (Å²) in [4.78, 5) is 0. The van der Waals surface area contributed by atoms with Crippen molar-refractivity contribution in [2.24, 2.45) is 0 Å². The molecule has 0 saturated carbocycles. The van der Waals surface area contributed by atoms with E-state index in [9.17, 15) is 5.26 Å². The van der Waals surface area contributed by atoms with Gasteiger partial charge in [0.2, 0.25) is 0 Å². The maximum absolute atomic E-state index is 10.4. The molecule has 0 N–H and O–H groups in total. The lowest BCUT2D eigenvalue weighted by Gasteiger charge is -2.15. The van der Waals surface area contributed by atoms with Gasteiger partial charge in [-0.05, 0) is 66.2 Å². The number of furan rings is 1. The second-order valence-corrected chi connectivity index (χ2v) is 12.0. The number of fused-ring (bicyclic) bond motifs is 10. The Morgan fingerprint density at radius 3 is 1.81 bits per heavy atom. The Labute approximate surface area is 269 Å². The van der Waals surface area contributed by atoms with Crippen LogP contribution < -0.4 is 0 Å². The van der Waals surface area contributed by atoms with E-state index in [2.05, 4.69) is 149 Å². The fourth-order valence-corrected chi connectivity index (χ4v) is 7.59. The molecule has 47 heavy (non-hydrogen) atoms. The molecule has 0 aliphatic heterocycles. The van der Waals surface area contributed by atoms with Crippen molar-refractivity contribution in [2.45, 2.75) is 0 Å². The van der Waals surface area contributed by atoms with Gasteiger partial charge in [-0.1, -0.05) is 91.0 Å². The lowest BCUT2D eigenvalue weighted by molar-refractivity contribution is 0.671. The third kappa shape index (κ3) is 3.57. The van der Waals surface area contributed by atoms with Crippen molar-refractivity contribution in [1.29, 1.82) is 5.26 Å². The number of rotatable bonds is 3. The Bertz CT molecular complexity index is 2860. The summed E-state index contributed by atoms with van der Waals surface area (Å²) in [7, 11) is 0. The zero-order valence-corrected chi connectivity index (χ0v) is 25.2. The van der Waals surface area contributed by atoms with E-state index in [1.165, 1.54) is 16.2 Å². The van der Waals surface area contributed by atoms with Gasteiger partial charge in [0, 0.05) is 43.6 Å². The first-order chi connectivity index (χ1) is 23.3. The molecule has 0 amide bonds. The second-order valence-electron chi connectivity index (χ2n) is 12.0. The Balaban J connectivity index is 1.27. The van der Waals surface area contributed by atoms with Crippen LogP contribution in [0.4, 0.5) is 0 Å². The van der Waals surface area contributed by atoms with Crippen LogP contribution in [0.5, 0.6) is 0 Å². The molecule has 3 heterocycles. The Hall–Kier alpha value is -6.57. The van der Waals surface area contributed by atoms with E-state index in [1.54, 1.807) is 0 Å². The maximum atomic E-state index is 10.4. The highest BCUT2D eigenvalue weighted by molar-refractivity contribution is 6.22. The maximum Gasteiger partial charge on any atom is 0.160 e. The summed E-state index contributed by atoms with van der Waals surface area (Å²) in [5, 5.41) is 17.2. The molecule has 4 heteroatoms. The summed E-state index contributed by atoms with van der Waals surface area (Å²) >= 11 is 0. The number of para-hydroxylation sites is 4. The average molecular weight is 600 g/mol. The van der Waals surface area contributed by atoms with Gasteiger partial charge < -0.3 is 13.6 Å². The predicted octanol–water partition coefficient (Wildman–Crippen LogP) is 11.3. The van der Waals surface area contributed by atoms with E-state index in [4.69, 9.17) is 4.42 Å². The van der Waals surface area contributed by atoms with Gasteiger partial charge >= 0.3 is 0 Å². The molecule has 4 nitrogen and oxygen atoms in total. The van der Waals surface area contributed by atoms with Crippen molar-refractivity contribution >= 4 is 65.6 Å². The molecular formula is C43H25N3O. The van der Waals surface area contributed by atoms with E-state index >= 15 is 0 Å². The normalized spacial score (nSPS) is 11.8. The minimum Gasteiger partial charge on any atom is -0.454 e. The first-order valence-electron chi connectivity index (χ1n) is 15.8. The topological polar surface area (TPSA) is 46.8 Å². The molecular weight excluding hydrogens is 574 g/mol. The SMILES string of the molecule is N#Cc1cccc(-n2c3ccccc3c3ccccc32)c1-c1ccc2oc3c(ccc4c5ccccc5n(-c5ccccc5)c43)c2c1. The fourth-order valence-electron chi connectivity index (χ4n) is 7.59. The van der Waals surface area contributed by atoms with Crippen molar-refractivity contribution in [3.63, 3.8) is 0 Å². The second kappa shape index (κ2) is 9.71. The van der Waals surface area contributed by atoms with Crippen molar-refractivity contribution in [3.8, 4) is 28.6 Å². The van der Waals surface area contributed by atoms with E-state index in [0.717, 1.165) is 71.9 Å². The summed E-state index contributed by atoms with van der Waals surface area (Å²) in [5.74, 6) is 0. The molecule has 10 aromatic rings. The first-order valence-corrected chi connectivity index (χ1v) is 15.8. The van der Waals surface area contributed by atoms with Crippen LogP contribution in [0.25, 0.3) is 88.1 Å². The molecule has 218 valence electrons. The van der Waals surface area contributed by atoms with E-state index in [1.807, 2.05) is 18.2 Å². The van der Waals surface area contributed by atoms with Gasteiger partial charge in [0.25, 0.3) is 0 Å². The summed E-state index contributed by atoms with van der Waals surface area (Å²) in [6.45, 7) is 0. The lowest BCUT2D eigenvalue weighted by Crippen LogP contribution is -1.99. The van der Waals surface area contributed by atoms with Gasteiger partial charge in [-0.15, -0.1) is 0 Å². The standard InChI is InChI=1S/C43H25N3O/c44-26-28-11-10-20-39(46-37-18-8-4-14-30(37)31-15-5-9-19-38(31)46)41(28)27-21-24-40-35(25-27)34-23-22-33-32-16-6-7-17-36(32)45(42(33)43(34)47-40)29-12-2-1-3-13-29/h1-25H. The molecule has 0 spiro atoms. The molecule has 0 fully saturated rings. The first kappa shape index (κ1) is 25.7. The molecule has 0 aliphatic carbocycles. The van der Waals surface area contributed by atoms with Crippen LogP contribution in [0.1, 0.15) is 5.56 Å². The van der Waals surface area contributed by atoms with Gasteiger partial charge in [-0.3, -0.25) is 0 Å². The number of benzene rings is 7. The molecule has 0 aliphatic rings. The summed E-state index contributed by atoms with van der Waals surface area (Å²) in [6, 6.07) is 55.2. The molecule has 10 rings (SSSR count). The van der Waals surface area contributed by atoms with Gasteiger partial charge in [0.1, 0.15) is 5.58 Å². The van der Waals surface area contributed by atoms with E-state index < -0.39 is 0 Å². The third-order valence-corrected chi connectivity index (χ3v) is 9.56. The summed E-state index contributed by atoms with van der Waals surface area (Å²) in [5.41, 5.74) is 10.6. The Kier molecular flexibility index (Phi) is 5.32. The highest BCUT2D eigenvalue weighted by Crippen LogP contribution is 2.43. The third-order valence-electron chi connectivity index (χ3n) is 9.56. The average Bonchev–Trinajstić information content (AvgIpc) is 3.79. The highest BCUT2D eigenvalue weighted by atomic mass is 16.3. The molecule has 3 aromatic heterocycles. The van der Waals surface area contributed by atoms with Crippen molar-refractivity contribution < 1.29 is 4.42 Å². The number of hydrogen-bond acceptors (Lipinski definition) is 2. The zero-order valence-electron chi connectivity index (χ0n) is 25.2. The van der Waals surface area contributed by atoms with Gasteiger partial charge in [-0.25, -0.2) is 0 Å². The number of nitriles is 1. The lowest BCUT2D eigenvalue weighted by atomic mass is 9.96. The number of aromatic nitrogens is 2. The molecule has 0 radical (unpaired) electrons. The largest absolute Gasteiger partial charge is 0.454 e. The molecule has 0 unspecified atom stereocenters. The summed E-state index contributed by atoms with van der Waals surface area (Å²) < 4.78 is 11.3. The molecule has 0 saturated heterocycles. The minimum absolute atomic E-state index is 0.628. The minimum atomic E-state index is 0.628. The van der Waals surface area contributed by atoms with Crippen LogP contribution in [0.2, 0.25) is 0 Å². The van der Waals surface area contributed by atoms with Gasteiger partial charge in [0.15, 0.2) is 5.58 Å². The van der Waals surface area contributed by atoms with Gasteiger partial charge in [-0.2, -0.15) is 5.26 Å². The predicted molar refractivity (Wildman–Crippen MR) is 193 cm³/mol. The monoisotopic (exact) mass is 599 g/mol. The molecule has 0 bridgehead atoms. The Morgan fingerprint density at radius 2 is 1.11 bits per heavy atom. The van der Waals surface area contributed by atoms with Crippen LogP contribution in [-0.2, 0) is 0 Å². The highest BCUT2D eigenvalue weighted by Gasteiger charge is 2.21. The number of hydrogen-bond donors (Lipinski definition) is 0. The van der Waals surface area contributed by atoms with E-state index in [0.29, 0.717) is 5.56 Å². The molecule has 7 aromatic carbocycles. The quantitative estimate of drug-likeness (QED) is 0.203. The van der Waals surface area contributed by atoms with Crippen LogP contribution >= 0.6 is 0 Å². The van der Waals surface area contributed by atoms with Crippen LogP contribution in [-0.4, -0.2) is 9.13 Å².